The number of halogens is 1. The highest BCUT2D eigenvalue weighted by Crippen LogP contribution is 2.39. The summed E-state index contributed by atoms with van der Waals surface area (Å²) >= 11 is 5.91. The van der Waals surface area contributed by atoms with E-state index in [0.717, 1.165) is 5.76 Å². The SMILES string of the molecule is COc1cccc(OC)c1-n1c(-c2ccc(C)o2)nc(N)c1/C=C(\N)Cl. The van der Waals surface area contributed by atoms with Crippen LogP contribution in [0.5, 0.6) is 11.5 Å². The molecule has 8 heteroatoms. The van der Waals surface area contributed by atoms with Crippen LogP contribution in [0.25, 0.3) is 23.3 Å². The molecule has 7 nitrogen and oxygen atoms in total. The molecule has 0 bridgehead atoms. The second-order valence-corrected chi connectivity index (χ2v) is 5.93. The number of ether oxygens (including phenoxy) is 2. The molecule has 0 unspecified atom stereocenters. The van der Waals surface area contributed by atoms with Gasteiger partial charge in [-0.3, -0.25) is 4.57 Å². The monoisotopic (exact) mass is 374 g/mol. The predicted octanol–water partition coefficient (Wildman–Crippen LogP) is 3.54. The van der Waals surface area contributed by atoms with E-state index in [1.807, 2.05) is 37.3 Å². The summed E-state index contributed by atoms with van der Waals surface area (Å²) < 4.78 is 18.5. The molecule has 0 radical (unpaired) electrons. The molecule has 0 atom stereocenters. The molecular weight excluding hydrogens is 356 g/mol. The van der Waals surface area contributed by atoms with E-state index in [1.165, 1.54) is 6.08 Å². The van der Waals surface area contributed by atoms with Gasteiger partial charge in [-0.25, -0.2) is 4.98 Å². The number of para-hydroxylation sites is 1. The summed E-state index contributed by atoms with van der Waals surface area (Å²) in [6.07, 6.45) is 1.52. The van der Waals surface area contributed by atoms with Crippen molar-refractivity contribution in [2.24, 2.45) is 5.73 Å². The molecule has 0 aliphatic heterocycles. The molecule has 0 aliphatic rings. The van der Waals surface area contributed by atoms with Gasteiger partial charge in [0.05, 0.1) is 19.9 Å². The molecule has 0 saturated carbocycles. The van der Waals surface area contributed by atoms with Gasteiger partial charge in [-0.2, -0.15) is 0 Å². The minimum atomic E-state index is 0.0638. The van der Waals surface area contributed by atoms with Crippen molar-refractivity contribution in [1.82, 2.24) is 9.55 Å². The Bertz CT molecular complexity index is 949. The van der Waals surface area contributed by atoms with Gasteiger partial charge in [0, 0.05) is 6.08 Å². The molecule has 3 rings (SSSR count). The minimum Gasteiger partial charge on any atom is -0.494 e. The van der Waals surface area contributed by atoms with Gasteiger partial charge in [0.15, 0.2) is 17.4 Å². The van der Waals surface area contributed by atoms with Gasteiger partial charge in [0.2, 0.25) is 0 Å². The quantitative estimate of drug-likeness (QED) is 0.662. The number of hydrogen-bond donors (Lipinski definition) is 2. The smallest absolute Gasteiger partial charge is 0.183 e. The number of nitrogens with two attached hydrogens (primary N) is 2. The second-order valence-electron chi connectivity index (χ2n) is 5.49. The van der Waals surface area contributed by atoms with Crippen LogP contribution in [-0.2, 0) is 0 Å². The lowest BCUT2D eigenvalue weighted by Gasteiger charge is -2.17. The Hall–Kier alpha value is -3.06. The maximum absolute atomic E-state index is 6.14. The molecule has 26 heavy (non-hydrogen) atoms. The van der Waals surface area contributed by atoms with Crippen molar-refractivity contribution in [3.05, 3.63) is 46.9 Å². The van der Waals surface area contributed by atoms with Crippen molar-refractivity contribution in [2.75, 3.05) is 20.0 Å². The third-order valence-electron chi connectivity index (χ3n) is 3.80. The van der Waals surface area contributed by atoms with Crippen LogP contribution in [0.3, 0.4) is 0 Å². The fraction of sp³-hybridized carbons (Fsp3) is 0.167. The van der Waals surface area contributed by atoms with E-state index in [0.29, 0.717) is 34.5 Å². The molecule has 0 aliphatic carbocycles. The Morgan fingerprint density at radius 3 is 2.35 bits per heavy atom. The van der Waals surface area contributed by atoms with E-state index in [4.69, 9.17) is 37.0 Å². The number of nitrogen functional groups attached to an aromatic ring is 1. The van der Waals surface area contributed by atoms with Gasteiger partial charge in [-0.05, 0) is 31.2 Å². The van der Waals surface area contributed by atoms with Crippen LogP contribution < -0.4 is 20.9 Å². The van der Waals surface area contributed by atoms with Gasteiger partial charge >= 0.3 is 0 Å². The lowest BCUT2D eigenvalue weighted by atomic mass is 10.2. The van der Waals surface area contributed by atoms with Crippen LogP contribution in [0.4, 0.5) is 5.82 Å². The summed E-state index contributed by atoms with van der Waals surface area (Å²) in [5.74, 6) is 3.13. The maximum Gasteiger partial charge on any atom is 0.183 e. The number of furan rings is 1. The minimum absolute atomic E-state index is 0.0638. The maximum atomic E-state index is 6.14. The summed E-state index contributed by atoms with van der Waals surface area (Å²) in [4.78, 5) is 4.45. The van der Waals surface area contributed by atoms with E-state index in [1.54, 1.807) is 18.8 Å². The average molecular weight is 375 g/mol. The Balaban J connectivity index is 2.41. The number of benzene rings is 1. The third kappa shape index (κ3) is 3.09. The first kappa shape index (κ1) is 17.8. The molecule has 0 saturated heterocycles. The lowest BCUT2D eigenvalue weighted by molar-refractivity contribution is 0.391. The van der Waals surface area contributed by atoms with Crippen molar-refractivity contribution in [3.8, 4) is 28.8 Å². The molecule has 1 aromatic carbocycles. The standard InChI is InChI=1S/C18H19ClN4O3/c1-10-7-8-14(26-10)18-22-17(21)11(9-15(19)20)23(18)16-12(24-2)5-4-6-13(16)25-3/h4-9H,20-21H2,1-3H3/b15-9-. The average Bonchev–Trinajstić information content (AvgIpc) is 3.17. The van der Waals surface area contributed by atoms with Crippen molar-refractivity contribution in [1.29, 1.82) is 0 Å². The largest absolute Gasteiger partial charge is 0.494 e. The summed E-state index contributed by atoms with van der Waals surface area (Å²) in [6.45, 7) is 1.85. The highest BCUT2D eigenvalue weighted by atomic mass is 35.5. The van der Waals surface area contributed by atoms with Crippen molar-refractivity contribution >= 4 is 23.5 Å². The van der Waals surface area contributed by atoms with Crippen molar-refractivity contribution in [3.63, 3.8) is 0 Å². The van der Waals surface area contributed by atoms with Crippen LogP contribution in [0, 0.1) is 6.92 Å². The van der Waals surface area contributed by atoms with Crippen LogP contribution in [-0.4, -0.2) is 23.8 Å². The van der Waals surface area contributed by atoms with Crippen molar-refractivity contribution in [2.45, 2.75) is 6.92 Å². The molecule has 2 aromatic heterocycles. The molecular formula is C18H19ClN4O3. The van der Waals surface area contributed by atoms with Gasteiger partial charge in [0.25, 0.3) is 0 Å². The number of aryl methyl sites for hydroxylation is 1. The number of nitrogens with zero attached hydrogens (tertiary/aromatic N) is 2. The molecule has 0 spiro atoms. The number of hydrogen-bond acceptors (Lipinski definition) is 6. The summed E-state index contributed by atoms with van der Waals surface area (Å²) in [5.41, 5.74) is 12.9. The summed E-state index contributed by atoms with van der Waals surface area (Å²) in [6, 6.07) is 9.09. The zero-order valence-corrected chi connectivity index (χ0v) is 15.4. The normalized spacial score (nSPS) is 11.6. The van der Waals surface area contributed by atoms with E-state index in [9.17, 15) is 0 Å². The third-order valence-corrected chi connectivity index (χ3v) is 3.91. The number of methoxy groups -OCH3 is 2. The molecule has 0 amide bonds. The molecule has 2 heterocycles. The van der Waals surface area contributed by atoms with Gasteiger partial charge < -0.3 is 25.4 Å². The summed E-state index contributed by atoms with van der Waals surface area (Å²) in [5, 5.41) is 0.0638. The van der Waals surface area contributed by atoms with Crippen LogP contribution in [0.1, 0.15) is 11.5 Å². The molecule has 0 fully saturated rings. The van der Waals surface area contributed by atoms with Gasteiger partial charge in [-0.15, -0.1) is 0 Å². The topological polar surface area (TPSA) is 101 Å². The highest BCUT2D eigenvalue weighted by Gasteiger charge is 2.24. The zero-order chi connectivity index (χ0) is 18.8. The fourth-order valence-electron chi connectivity index (χ4n) is 2.72. The number of anilines is 1. The van der Waals surface area contributed by atoms with Crippen LogP contribution >= 0.6 is 11.6 Å². The van der Waals surface area contributed by atoms with E-state index in [-0.39, 0.29) is 11.0 Å². The molecule has 4 N–H and O–H groups in total. The Labute approximate surface area is 155 Å². The first-order valence-corrected chi connectivity index (χ1v) is 8.13. The fourth-order valence-corrected chi connectivity index (χ4v) is 2.82. The number of imidazole rings is 1. The molecule has 3 aromatic rings. The second kappa shape index (κ2) is 7.05. The number of rotatable bonds is 5. The Morgan fingerprint density at radius 2 is 1.85 bits per heavy atom. The predicted molar refractivity (Wildman–Crippen MR) is 102 cm³/mol. The first-order valence-electron chi connectivity index (χ1n) is 7.75. The van der Waals surface area contributed by atoms with Crippen LogP contribution in [0.15, 0.2) is 39.9 Å². The van der Waals surface area contributed by atoms with Crippen LogP contribution in [0.2, 0.25) is 0 Å². The number of aromatic nitrogens is 2. The van der Waals surface area contributed by atoms with Gasteiger partial charge in [0.1, 0.15) is 28.1 Å². The highest BCUT2D eigenvalue weighted by molar-refractivity contribution is 6.31. The van der Waals surface area contributed by atoms with Crippen molar-refractivity contribution < 1.29 is 13.9 Å². The summed E-state index contributed by atoms with van der Waals surface area (Å²) in [7, 11) is 3.14. The Kier molecular flexibility index (Phi) is 4.81. The van der Waals surface area contributed by atoms with E-state index >= 15 is 0 Å². The lowest BCUT2D eigenvalue weighted by Crippen LogP contribution is -2.06. The Morgan fingerprint density at radius 1 is 1.19 bits per heavy atom. The van der Waals surface area contributed by atoms with E-state index < -0.39 is 0 Å². The van der Waals surface area contributed by atoms with E-state index in [2.05, 4.69) is 4.98 Å². The van der Waals surface area contributed by atoms with Gasteiger partial charge in [-0.1, -0.05) is 17.7 Å². The first-order chi connectivity index (χ1) is 12.5. The zero-order valence-electron chi connectivity index (χ0n) is 14.6. The molecule has 136 valence electrons.